The van der Waals surface area contributed by atoms with E-state index in [2.05, 4.69) is 15.3 Å². The Morgan fingerprint density at radius 3 is 2.57 bits per heavy atom. The molecule has 1 amide bonds. The highest BCUT2D eigenvalue weighted by atomic mass is 19.4. The number of hydrogen-bond donors (Lipinski definition) is 1. The van der Waals surface area contributed by atoms with E-state index in [9.17, 15) is 22.8 Å². The molecule has 0 bridgehead atoms. The molecule has 28 heavy (non-hydrogen) atoms. The van der Waals surface area contributed by atoms with Crippen LogP contribution >= 0.6 is 0 Å². The predicted molar refractivity (Wildman–Crippen MR) is 96.7 cm³/mol. The van der Waals surface area contributed by atoms with Gasteiger partial charge in [-0.05, 0) is 25.3 Å². The fraction of sp³-hybridized carbons (Fsp3) is 0.474. The zero-order valence-corrected chi connectivity index (χ0v) is 15.4. The Labute approximate surface area is 159 Å². The van der Waals surface area contributed by atoms with Crippen LogP contribution in [0.25, 0.3) is 0 Å². The number of carbonyl (C=O) groups excluding carboxylic acids is 1. The van der Waals surface area contributed by atoms with Gasteiger partial charge in [0.1, 0.15) is 6.04 Å². The van der Waals surface area contributed by atoms with Crippen LogP contribution in [-0.2, 0) is 11.0 Å². The van der Waals surface area contributed by atoms with E-state index in [1.54, 1.807) is 6.92 Å². The highest BCUT2D eigenvalue weighted by Crippen LogP contribution is 2.33. The van der Waals surface area contributed by atoms with Crippen molar-refractivity contribution in [3.63, 3.8) is 0 Å². The number of pyridine rings is 1. The summed E-state index contributed by atoms with van der Waals surface area (Å²) in [7, 11) is 0. The van der Waals surface area contributed by atoms with Crippen LogP contribution in [0.5, 0.6) is 0 Å². The number of nitrogens with zero attached hydrogens (tertiary/aromatic N) is 3. The highest BCUT2D eigenvalue weighted by Gasteiger charge is 2.33. The molecule has 2 heterocycles. The number of nitrogens with one attached hydrogen (secondary N) is 1. The molecule has 0 saturated heterocycles. The van der Waals surface area contributed by atoms with Gasteiger partial charge >= 0.3 is 6.18 Å². The van der Waals surface area contributed by atoms with Gasteiger partial charge in [0.2, 0.25) is 5.91 Å². The molecular formula is C19H21F3N4O2. The molecule has 2 aromatic rings. The lowest BCUT2D eigenvalue weighted by Gasteiger charge is -2.23. The standard InChI is InChI=1S/C19H21F3N4O2/c1-12-9-24-16(10-23-12)25-18(28)15(8-13-4-2-3-5-13)26-11-14(19(20,21)22)6-7-17(26)27/h6-7,9-11,13,15H,2-5,8H2,1H3,(H,24,25,28)/t15-/m0/s1. The normalized spacial score (nSPS) is 16.1. The van der Waals surface area contributed by atoms with Crippen molar-refractivity contribution in [2.75, 3.05) is 5.32 Å². The van der Waals surface area contributed by atoms with Crippen LogP contribution in [0.4, 0.5) is 19.0 Å². The summed E-state index contributed by atoms with van der Waals surface area (Å²) in [6, 6.07) is 0.527. The first kappa shape index (κ1) is 20.0. The Bertz CT molecular complexity index is 887. The molecule has 0 aromatic carbocycles. The molecule has 0 unspecified atom stereocenters. The van der Waals surface area contributed by atoms with Crippen molar-refractivity contribution < 1.29 is 18.0 Å². The molecule has 150 valence electrons. The minimum Gasteiger partial charge on any atom is -0.308 e. The Balaban J connectivity index is 1.93. The van der Waals surface area contributed by atoms with Crippen LogP contribution in [0.2, 0.25) is 0 Å². The minimum absolute atomic E-state index is 0.182. The summed E-state index contributed by atoms with van der Waals surface area (Å²) in [6.07, 6.45) is 3.07. The maximum absolute atomic E-state index is 13.1. The van der Waals surface area contributed by atoms with Crippen molar-refractivity contribution in [3.8, 4) is 0 Å². The van der Waals surface area contributed by atoms with Crippen molar-refractivity contribution in [2.45, 2.75) is 51.2 Å². The third-order valence-corrected chi connectivity index (χ3v) is 4.97. The highest BCUT2D eigenvalue weighted by molar-refractivity contribution is 5.92. The van der Waals surface area contributed by atoms with Crippen LogP contribution in [0.3, 0.4) is 0 Å². The molecule has 1 saturated carbocycles. The van der Waals surface area contributed by atoms with Gasteiger partial charge in [-0.2, -0.15) is 13.2 Å². The Hall–Kier alpha value is -2.71. The average molecular weight is 394 g/mol. The second-order valence-corrected chi connectivity index (χ2v) is 7.10. The van der Waals surface area contributed by atoms with Crippen LogP contribution < -0.4 is 10.9 Å². The molecule has 0 aliphatic heterocycles. The first-order valence-corrected chi connectivity index (χ1v) is 9.13. The van der Waals surface area contributed by atoms with E-state index in [4.69, 9.17) is 0 Å². The number of amides is 1. The van der Waals surface area contributed by atoms with Gasteiger partial charge in [-0.15, -0.1) is 0 Å². The number of aryl methyl sites for hydroxylation is 1. The van der Waals surface area contributed by atoms with E-state index in [0.29, 0.717) is 12.1 Å². The van der Waals surface area contributed by atoms with E-state index in [0.717, 1.165) is 48.6 Å². The lowest BCUT2D eigenvalue weighted by molar-refractivity contribution is -0.138. The van der Waals surface area contributed by atoms with E-state index >= 15 is 0 Å². The maximum Gasteiger partial charge on any atom is 0.417 e. The quantitative estimate of drug-likeness (QED) is 0.838. The molecule has 1 N–H and O–H groups in total. The van der Waals surface area contributed by atoms with Gasteiger partial charge in [0.25, 0.3) is 5.56 Å². The van der Waals surface area contributed by atoms with Gasteiger partial charge in [-0.3, -0.25) is 14.6 Å². The summed E-state index contributed by atoms with van der Waals surface area (Å²) in [5.41, 5.74) is -0.956. The molecule has 0 radical (unpaired) electrons. The average Bonchev–Trinajstić information content (AvgIpc) is 3.14. The van der Waals surface area contributed by atoms with Gasteiger partial charge in [-0.25, -0.2) is 4.98 Å². The Kier molecular flexibility index (Phi) is 5.81. The van der Waals surface area contributed by atoms with Crippen molar-refractivity contribution in [3.05, 3.63) is 52.3 Å². The number of aromatic nitrogens is 3. The summed E-state index contributed by atoms with van der Waals surface area (Å²) < 4.78 is 40.2. The summed E-state index contributed by atoms with van der Waals surface area (Å²) in [4.78, 5) is 33.3. The molecule has 1 fully saturated rings. The van der Waals surface area contributed by atoms with Gasteiger partial charge in [0, 0.05) is 12.3 Å². The lowest BCUT2D eigenvalue weighted by Crippen LogP contribution is -2.35. The van der Waals surface area contributed by atoms with Crippen LogP contribution in [-0.4, -0.2) is 20.4 Å². The van der Waals surface area contributed by atoms with Crippen LogP contribution in [0.1, 0.15) is 49.4 Å². The van der Waals surface area contributed by atoms with E-state index in [1.807, 2.05) is 0 Å². The number of alkyl halides is 3. The van der Waals surface area contributed by atoms with Crippen LogP contribution in [0, 0.1) is 12.8 Å². The van der Waals surface area contributed by atoms with E-state index < -0.39 is 29.2 Å². The number of anilines is 1. The first-order chi connectivity index (χ1) is 13.2. The summed E-state index contributed by atoms with van der Waals surface area (Å²) in [5, 5.41) is 2.57. The zero-order valence-electron chi connectivity index (χ0n) is 15.4. The molecular weight excluding hydrogens is 373 g/mol. The lowest BCUT2D eigenvalue weighted by atomic mass is 9.97. The third-order valence-electron chi connectivity index (χ3n) is 4.97. The Morgan fingerprint density at radius 1 is 1.25 bits per heavy atom. The van der Waals surface area contributed by atoms with Gasteiger partial charge in [0.15, 0.2) is 5.82 Å². The molecule has 2 aromatic heterocycles. The SMILES string of the molecule is Cc1cnc(NC(=O)[C@H](CC2CCCC2)n2cc(C(F)(F)F)ccc2=O)cn1. The van der Waals surface area contributed by atoms with E-state index in [1.165, 1.54) is 12.4 Å². The number of carbonyl (C=O) groups is 1. The molecule has 1 atom stereocenters. The zero-order chi connectivity index (χ0) is 20.3. The summed E-state index contributed by atoms with van der Waals surface area (Å²) >= 11 is 0. The Morgan fingerprint density at radius 2 is 1.96 bits per heavy atom. The largest absolute Gasteiger partial charge is 0.417 e. The van der Waals surface area contributed by atoms with Gasteiger partial charge in [0.05, 0.1) is 23.7 Å². The van der Waals surface area contributed by atoms with Crippen LogP contribution in [0.15, 0.2) is 35.5 Å². The maximum atomic E-state index is 13.1. The van der Waals surface area contributed by atoms with Crippen molar-refractivity contribution >= 4 is 11.7 Å². The topological polar surface area (TPSA) is 76.9 Å². The third kappa shape index (κ3) is 4.76. The molecule has 9 heteroatoms. The van der Waals surface area contributed by atoms with Crippen molar-refractivity contribution in [2.24, 2.45) is 5.92 Å². The molecule has 0 spiro atoms. The number of rotatable bonds is 5. The minimum atomic E-state index is -4.60. The predicted octanol–water partition coefficient (Wildman–Crippen LogP) is 3.73. The fourth-order valence-corrected chi connectivity index (χ4v) is 3.49. The summed E-state index contributed by atoms with van der Waals surface area (Å²) in [5.74, 6) is -0.209. The van der Waals surface area contributed by atoms with Crippen molar-refractivity contribution in [1.29, 1.82) is 0 Å². The first-order valence-electron chi connectivity index (χ1n) is 9.13. The fourth-order valence-electron chi connectivity index (χ4n) is 3.49. The number of hydrogen-bond acceptors (Lipinski definition) is 4. The monoisotopic (exact) mass is 394 g/mol. The van der Waals surface area contributed by atoms with Crippen molar-refractivity contribution in [1.82, 2.24) is 14.5 Å². The second kappa shape index (κ2) is 8.12. The van der Waals surface area contributed by atoms with E-state index in [-0.39, 0.29) is 11.7 Å². The second-order valence-electron chi connectivity index (χ2n) is 7.10. The molecule has 6 nitrogen and oxygen atoms in total. The number of halogens is 3. The summed E-state index contributed by atoms with van der Waals surface area (Å²) in [6.45, 7) is 1.74. The van der Waals surface area contributed by atoms with Gasteiger partial charge in [-0.1, -0.05) is 25.7 Å². The molecule has 3 rings (SSSR count). The van der Waals surface area contributed by atoms with Gasteiger partial charge < -0.3 is 9.88 Å². The molecule has 1 aliphatic rings. The molecule has 1 aliphatic carbocycles. The smallest absolute Gasteiger partial charge is 0.308 e.